The monoisotopic (exact) mass is 275 g/mol. The molecule has 1 aromatic carbocycles. The number of methoxy groups -OCH3 is 2. The minimum atomic E-state index is 0.675. The summed E-state index contributed by atoms with van der Waals surface area (Å²) < 4.78 is 10.6. The second-order valence-electron chi connectivity index (χ2n) is 4.08. The van der Waals surface area contributed by atoms with E-state index >= 15 is 0 Å². The number of ether oxygens (including phenoxy) is 2. The van der Waals surface area contributed by atoms with Gasteiger partial charge in [0.15, 0.2) is 17.3 Å². The van der Waals surface area contributed by atoms with Gasteiger partial charge in [-0.3, -0.25) is 0 Å². The molecule has 0 unspecified atom stereocenters. The van der Waals surface area contributed by atoms with Crippen molar-refractivity contribution in [2.75, 3.05) is 14.2 Å². The molecular formula is C13H13N3O2S. The van der Waals surface area contributed by atoms with Gasteiger partial charge in [0.2, 0.25) is 0 Å². The number of H-pyrrole nitrogens is 1. The van der Waals surface area contributed by atoms with E-state index in [-0.39, 0.29) is 0 Å². The number of fused-ring (bicyclic) bond motifs is 1. The van der Waals surface area contributed by atoms with E-state index in [1.165, 1.54) is 0 Å². The molecule has 6 heteroatoms. The molecule has 0 saturated carbocycles. The summed E-state index contributed by atoms with van der Waals surface area (Å²) in [4.78, 5) is 13.2. The van der Waals surface area contributed by atoms with E-state index < -0.39 is 0 Å². The molecule has 2 aromatic heterocycles. The highest BCUT2D eigenvalue weighted by molar-refractivity contribution is 7.13. The van der Waals surface area contributed by atoms with Crippen LogP contribution >= 0.6 is 11.3 Å². The number of thiazole rings is 1. The minimum Gasteiger partial charge on any atom is -0.493 e. The highest BCUT2D eigenvalue weighted by Gasteiger charge is 2.13. The molecule has 0 aliphatic heterocycles. The molecule has 0 amide bonds. The van der Waals surface area contributed by atoms with Gasteiger partial charge in [-0.25, -0.2) is 9.97 Å². The average molecular weight is 275 g/mol. The van der Waals surface area contributed by atoms with Gasteiger partial charge in [0.1, 0.15) is 0 Å². The zero-order valence-electron chi connectivity index (χ0n) is 10.9. The Morgan fingerprint density at radius 1 is 1.16 bits per heavy atom. The molecule has 5 nitrogen and oxygen atoms in total. The lowest BCUT2D eigenvalue weighted by Crippen LogP contribution is -1.89. The van der Waals surface area contributed by atoms with Crippen molar-refractivity contribution in [1.82, 2.24) is 15.0 Å². The first-order valence-electron chi connectivity index (χ1n) is 5.75. The molecule has 0 spiro atoms. The lowest BCUT2D eigenvalue weighted by Gasteiger charge is -2.06. The number of aryl methyl sites for hydroxylation is 1. The molecule has 0 radical (unpaired) electrons. The van der Waals surface area contributed by atoms with Crippen LogP contribution in [0.3, 0.4) is 0 Å². The average Bonchev–Trinajstić information content (AvgIpc) is 3.01. The maximum atomic E-state index is 5.29. The molecule has 0 saturated heterocycles. The van der Waals surface area contributed by atoms with Crippen LogP contribution in [-0.4, -0.2) is 29.2 Å². The van der Waals surface area contributed by atoms with E-state index in [0.29, 0.717) is 11.5 Å². The summed E-state index contributed by atoms with van der Waals surface area (Å²) in [7, 11) is 3.24. The molecule has 1 N–H and O–H groups in total. The van der Waals surface area contributed by atoms with Crippen molar-refractivity contribution >= 4 is 22.4 Å². The third kappa shape index (κ3) is 1.94. The molecule has 98 valence electrons. The van der Waals surface area contributed by atoms with Crippen LogP contribution in [-0.2, 0) is 0 Å². The summed E-state index contributed by atoms with van der Waals surface area (Å²) in [5.41, 5.74) is 4.56. The van der Waals surface area contributed by atoms with Gasteiger partial charge in [-0.15, -0.1) is 11.3 Å². The molecular weight excluding hydrogens is 262 g/mol. The van der Waals surface area contributed by atoms with Gasteiger partial charge in [-0.2, -0.15) is 0 Å². The van der Waals surface area contributed by atoms with Crippen molar-refractivity contribution < 1.29 is 9.47 Å². The number of nitrogens with zero attached hydrogens (tertiary/aromatic N) is 2. The van der Waals surface area contributed by atoms with Crippen LogP contribution in [0.1, 0.15) is 5.69 Å². The standard InChI is InChI=1S/C13H13N3O2S/c1-7-12(19-6-14-7)13-15-8-4-10(17-2)11(18-3)5-9(8)16-13/h4-6H,1-3H3,(H,15,16). The smallest absolute Gasteiger partial charge is 0.163 e. The third-order valence-corrected chi connectivity index (χ3v) is 3.88. The van der Waals surface area contributed by atoms with Gasteiger partial charge in [-0.1, -0.05) is 0 Å². The van der Waals surface area contributed by atoms with Crippen LogP contribution in [0.15, 0.2) is 17.6 Å². The van der Waals surface area contributed by atoms with Gasteiger partial charge in [0, 0.05) is 12.1 Å². The topological polar surface area (TPSA) is 60.0 Å². The molecule has 3 rings (SSSR count). The lowest BCUT2D eigenvalue weighted by atomic mass is 10.3. The van der Waals surface area contributed by atoms with Crippen LogP contribution in [0, 0.1) is 6.92 Å². The van der Waals surface area contributed by atoms with Crippen molar-refractivity contribution in [1.29, 1.82) is 0 Å². The predicted octanol–water partition coefficient (Wildman–Crippen LogP) is 3.01. The number of benzene rings is 1. The summed E-state index contributed by atoms with van der Waals surface area (Å²) in [5.74, 6) is 2.19. The summed E-state index contributed by atoms with van der Waals surface area (Å²) in [6, 6.07) is 3.76. The zero-order chi connectivity index (χ0) is 13.4. The van der Waals surface area contributed by atoms with E-state index in [1.54, 1.807) is 25.6 Å². The summed E-state index contributed by atoms with van der Waals surface area (Å²) in [6.07, 6.45) is 0. The van der Waals surface area contributed by atoms with Crippen LogP contribution in [0.2, 0.25) is 0 Å². The fraction of sp³-hybridized carbons (Fsp3) is 0.231. The molecule has 0 aliphatic rings. The van der Waals surface area contributed by atoms with E-state index in [9.17, 15) is 0 Å². The molecule has 0 atom stereocenters. The summed E-state index contributed by atoms with van der Waals surface area (Å²) in [5, 5.41) is 0. The van der Waals surface area contributed by atoms with E-state index in [2.05, 4.69) is 15.0 Å². The van der Waals surface area contributed by atoms with E-state index in [0.717, 1.165) is 27.4 Å². The number of aromatic amines is 1. The summed E-state index contributed by atoms with van der Waals surface area (Å²) >= 11 is 1.57. The van der Waals surface area contributed by atoms with E-state index in [4.69, 9.17) is 9.47 Å². The first-order chi connectivity index (χ1) is 9.22. The largest absolute Gasteiger partial charge is 0.493 e. The SMILES string of the molecule is COc1cc2nc(-c3scnc3C)[nH]c2cc1OC. The Balaban J connectivity index is 2.18. The van der Waals surface area contributed by atoms with Crippen molar-refractivity contribution in [2.24, 2.45) is 0 Å². The van der Waals surface area contributed by atoms with Gasteiger partial charge in [0.05, 0.1) is 41.3 Å². The number of hydrogen-bond acceptors (Lipinski definition) is 5. The Morgan fingerprint density at radius 3 is 2.53 bits per heavy atom. The summed E-state index contributed by atoms with van der Waals surface area (Å²) in [6.45, 7) is 1.97. The first kappa shape index (κ1) is 12.0. The van der Waals surface area contributed by atoms with Crippen LogP contribution in [0.5, 0.6) is 11.5 Å². The highest BCUT2D eigenvalue weighted by Crippen LogP contribution is 2.33. The second kappa shape index (κ2) is 4.55. The van der Waals surface area contributed by atoms with Gasteiger partial charge in [0.25, 0.3) is 0 Å². The quantitative estimate of drug-likeness (QED) is 0.798. The Kier molecular flexibility index (Phi) is 2.87. The number of hydrogen-bond donors (Lipinski definition) is 1. The molecule has 0 fully saturated rings. The Bertz CT molecular complexity index is 692. The number of nitrogens with one attached hydrogen (secondary N) is 1. The zero-order valence-corrected chi connectivity index (χ0v) is 11.7. The number of rotatable bonds is 3. The van der Waals surface area contributed by atoms with E-state index in [1.807, 2.05) is 24.6 Å². The number of aromatic nitrogens is 3. The molecule has 2 heterocycles. The fourth-order valence-corrected chi connectivity index (χ4v) is 2.72. The molecule has 3 aromatic rings. The maximum Gasteiger partial charge on any atom is 0.163 e. The van der Waals surface area contributed by atoms with Crippen LogP contribution in [0.25, 0.3) is 21.7 Å². The predicted molar refractivity (Wildman–Crippen MR) is 75.0 cm³/mol. The van der Waals surface area contributed by atoms with Gasteiger partial charge in [-0.05, 0) is 6.92 Å². The van der Waals surface area contributed by atoms with Crippen LogP contribution in [0.4, 0.5) is 0 Å². The Morgan fingerprint density at radius 2 is 1.89 bits per heavy atom. The van der Waals surface area contributed by atoms with Crippen molar-refractivity contribution in [3.8, 4) is 22.2 Å². The maximum absolute atomic E-state index is 5.29. The second-order valence-corrected chi connectivity index (χ2v) is 4.93. The highest BCUT2D eigenvalue weighted by atomic mass is 32.1. The minimum absolute atomic E-state index is 0.675. The number of imidazole rings is 1. The van der Waals surface area contributed by atoms with Crippen molar-refractivity contribution in [3.05, 3.63) is 23.3 Å². The molecule has 19 heavy (non-hydrogen) atoms. The first-order valence-corrected chi connectivity index (χ1v) is 6.63. The molecule has 0 aliphatic carbocycles. The normalized spacial score (nSPS) is 10.9. The van der Waals surface area contributed by atoms with Gasteiger partial charge < -0.3 is 14.5 Å². The van der Waals surface area contributed by atoms with Crippen molar-refractivity contribution in [3.63, 3.8) is 0 Å². The fourth-order valence-electron chi connectivity index (χ4n) is 1.97. The van der Waals surface area contributed by atoms with Gasteiger partial charge >= 0.3 is 0 Å². The molecule has 0 bridgehead atoms. The lowest BCUT2D eigenvalue weighted by molar-refractivity contribution is 0.356. The van der Waals surface area contributed by atoms with Crippen molar-refractivity contribution in [2.45, 2.75) is 6.92 Å². The third-order valence-electron chi connectivity index (χ3n) is 2.95. The van der Waals surface area contributed by atoms with Crippen LogP contribution < -0.4 is 9.47 Å². The Hall–Kier alpha value is -2.08. The Labute approximate surface area is 114 Å².